The third-order valence-corrected chi connectivity index (χ3v) is 7.01. The summed E-state index contributed by atoms with van der Waals surface area (Å²) < 4.78 is 160. The molecule has 0 N–H and O–H groups in total. The SMILES string of the molecule is C[n+]1c2c3c(cccc3c3c(F)cc(OS(=O)(=O)C(F)(F)F)cc31)Oc1ccc(F)cc1-2.O=S(=O)([O-])C(F)(F)F. The molecule has 0 unspecified atom stereocenters. The lowest BCUT2D eigenvalue weighted by atomic mass is 9.96. The lowest BCUT2D eigenvalue weighted by molar-refractivity contribution is -0.632. The Morgan fingerprint density at radius 3 is 2.05 bits per heavy atom. The number of aromatic nitrogens is 1. The molecule has 0 radical (unpaired) electrons. The van der Waals surface area contributed by atoms with Gasteiger partial charge < -0.3 is 13.5 Å². The summed E-state index contributed by atoms with van der Waals surface area (Å²) in [6.07, 6.45) is 0. The molecule has 214 valence electrons. The molecule has 1 aromatic heterocycles. The summed E-state index contributed by atoms with van der Waals surface area (Å²) >= 11 is 0. The van der Waals surface area contributed by atoms with E-state index in [0.717, 1.165) is 6.07 Å². The highest BCUT2D eigenvalue weighted by molar-refractivity contribution is 7.88. The van der Waals surface area contributed by atoms with Gasteiger partial charge in [0, 0.05) is 11.5 Å². The standard InChI is InChI=1S/C21H11F5NO4S.CHF3O3S/c1-27-15-9-11(31-32(28,29)21(24,25)26)8-14(23)18(15)12-3-2-4-17-19(12)20(27)13-7-10(22)5-6-16(13)30-17;2-1(3,4)8(5,6)7/h2-9H,1H3;(H,5,6,7)/q+1;/p-1. The van der Waals surface area contributed by atoms with Crippen molar-refractivity contribution in [1.29, 1.82) is 0 Å². The van der Waals surface area contributed by atoms with Crippen LogP contribution in [0.25, 0.3) is 32.9 Å². The number of rotatable bonds is 2. The van der Waals surface area contributed by atoms with Gasteiger partial charge in [-0.15, -0.1) is 0 Å². The van der Waals surface area contributed by atoms with Crippen molar-refractivity contribution in [2.45, 2.75) is 11.0 Å². The number of hydrogen-bond acceptors (Lipinski definition) is 7. The maximum atomic E-state index is 15.1. The first-order valence-electron chi connectivity index (χ1n) is 10.3. The van der Waals surface area contributed by atoms with Crippen molar-refractivity contribution in [2.24, 2.45) is 7.05 Å². The van der Waals surface area contributed by atoms with Gasteiger partial charge in [-0.1, -0.05) is 12.1 Å². The minimum absolute atomic E-state index is 0.00769. The molecule has 0 saturated carbocycles. The van der Waals surface area contributed by atoms with Gasteiger partial charge in [0.1, 0.15) is 30.2 Å². The van der Waals surface area contributed by atoms with E-state index in [-0.39, 0.29) is 10.9 Å². The molecule has 0 atom stereocenters. The molecule has 0 amide bonds. The Labute approximate surface area is 218 Å². The average Bonchev–Trinajstić information content (AvgIpc) is 2.79. The van der Waals surface area contributed by atoms with Crippen LogP contribution in [0.2, 0.25) is 0 Å². The Balaban J connectivity index is 0.000000406. The molecule has 0 spiro atoms. The van der Waals surface area contributed by atoms with E-state index in [0.29, 0.717) is 39.6 Å². The summed E-state index contributed by atoms with van der Waals surface area (Å²) in [6, 6.07) is 10.2. The van der Waals surface area contributed by atoms with Crippen LogP contribution in [-0.2, 0) is 27.3 Å². The predicted molar refractivity (Wildman–Crippen MR) is 119 cm³/mol. The Morgan fingerprint density at radius 1 is 0.850 bits per heavy atom. The van der Waals surface area contributed by atoms with Crippen LogP contribution in [0.4, 0.5) is 35.1 Å². The molecule has 18 heteroatoms. The van der Waals surface area contributed by atoms with Gasteiger partial charge in [0.15, 0.2) is 15.9 Å². The van der Waals surface area contributed by atoms with E-state index >= 15 is 4.39 Å². The molecule has 8 nitrogen and oxygen atoms in total. The van der Waals surface area contributed by atoms with Crippen LogP contribution in [-0.4, -0.2) is 32.4 Å². The zero-order chi connectivity index (χ0) is 30.0. The third kappa shape index (κ3) is 5.08. The van der Waals surface area contributed by atoms with Crippen LogP contribution in [0.1, 0.15) is 0 Å². The Kier molecular flexibility index (Phi) is 6.87. The van der Waals surface area contributed by atoms with Gasteiger partial charge in [0.25, 0.3) is 0 Å². The van der Waals surface area contributed by atoms with Crippen molar-refractivity contribution < 1.29 is 70.0 Å². The molecular formula is C22H11F8NO7S2. The smallest absolute Gasteiger partial charge is 0.534 e. The minimum Gasteiger partial charge on any atom is -0.741 e. The third-order valence-electron chi connectivity index (χ3n) is 5.46. The van der Waals surface area contributed by atoms with Crippen LogP contribution in [0, 0.1) is 11.6 Å². The molecule has 40 heavy (non-hydrogen) atoms. The first-order valence-corrected chi connectivity index (χ1v) is 13.1. The van der Waals surface area contributed by atoms with E-state index in [1.807, 2.05) is 0 Å². The molecule has 4 aromatic rings. The lowest BCUT2D eigenvalue weighted by Gasteiger charge is -2.20. The number of fused-ring (bicyclic) bond motifs is 4. The highest BCUT2D eigenvalue weighted by Crippen LogP contribution is 2.47. The Bertz CT molecular complexity index is 1910. The second-order valence-corrected chi connectivity index (χ2v) is 10.9. The van der Waals surface area contributed by atoms with E-state index in [1.54, 1.807) is 18.2 Å². The van der Waals surface area contributed by atoms with Crippen molar-refractivity contribution in [3.8, 4) is 28.5 Å². The van der Waals surface area contributed by atoms with Crippen LogP contribution in [0.15, 0.2) is 48.5 Å². The summed E-state index contributed by atoms with van der Waals surface area (Å²) in [4.78, 5) is 0. The van der Waals surface area contributed by atoms with Crippen molar-refractivity contribution in [2.75, 3.05) is 0 Å². The second-order valence-electron chi connectivity index (χ2n) is 8.01. The van der Waals surface area contributed by atoms with Crippen molar-refractivity contribution in [3.63, 3.8) is 0 Å². The normalized spacial score (nSPS) is 13.3. The molecule has 1 aliphatic heterocycles. The van der Waals surface area contributed by atoms with Gasteiger partial charge in [-0.05, 0) is 24.3 Å². The maximum absolute atomic E-state index is 15.1. The molecule has 0 saturated heterocycles. The summed E-state index contributed by atoms with van der Waals surface area (Å²) in [5.41, 5.74) is -10.5. The zero-order valence-electron chi connectivity index (χ0n) is 19.3. The van der Waals surface area contributed by atoms with Gasteiger partial charge >= 0.3 is 21.1 Å². The number of halogens is 8. The molecule has 0 aliphatic carbocycles. The van der Waals surface area contributed by atoms with Crippen LogP contribution in [0.3, 0.4) is 0 Å². The number of pyridine rings is 1. The minimum atomic E-state index is -6.09. The van der Waals surface area contributed by atoms with Gasteiger partial charge in [-0.3, -0.25) is 0 Å². The zero-order valence-corrected chi connectivity index (χ0v) is 20.9. The molecule has 0 bridgehead atoms. The van der Waals surface area contributed by atoms with Crippen LogP contribution in [0.5, 0.6) is 17.2 Å². The monoisotopic (exact) mass is 617 g/mol. The largest absolute Gasteiger partial charge is 0.741 e. The highest BCUT2D eigenvalue weighted by atomic mass is 32.2. The topological polar surface area (TPSA) is 114 Å². The summed E-state index contributed by atoms with van der Waals surface area (Å²) in [5, 5.41) is 0.827. The van der Waals surface area contributed by atoms with Gasteiger partial charge in [-0.2, -0.15) is 39.3 Å². The fraction of sp³-hybridized carbons (Fsp3) is 0.136. The molecule has 3 aromatic carbocycles. The van der Waals surface area contributed by atoms with Gasteiger partial charge in [0.2, 0.25) is 11.2 Å². The van der Waals surface area contributed by atoms with E-state index in [2.05, 4.69) is 4.18 Å². The number of aryl methyl sites for hydroxylation is 1. The molecular weight excluding hydrogens is 606 g/mol. The van der Waals surface area contributed by atoms with Crippen molar-refractivity contribution >= 4 is 41.9 Å². The predicted octanol–water partition coefficient (Wildman–Crippen LogP) is 5.15. The summed E-state index contributed by atoms with van der Waals surface area (Å²) in [7, 11) is -10.6. The first kappa shape index (κ1) is 29.2. The molecule has 0 fully saturated rings. The number of nitrogens with zero attached hydrogens (tertiary/aromatic N) is 1. The summed E-state index contributed by atoms with van der Waals surface area (Å²) in [6.45, 7) is 0. The molecule has 5 rings (SSSR count). The highest BCUT2D eigenvalue weighted by Gasteiger charge is 2.49. The fourth-order valence-electron chi connectivity index (χ4n) is 3.89. The van der Waals surface area contributed by atoms with Crippen LogP contribution < -0.4 is 13.5 Å². The fourth-order valence-corrected chi connectivity index (χ4v) is 4.33. The molecule has 2 heterocycles. The van der Waals surface area contributed by atoms with Gasteiger partial charge in [-0.25, -0.2) is 17.2 Å². The maximum Gasteiger partial charge on any atom is 0.534 e. The number of alkyl halides is 6. The van der Waals surface area contributed by atoms with E-state index in [9.17, 15) is 39.2 Å². The number of hydrogen-bond donors (Lipinski definition) is 0. The van der Waals surface area contributed by atoms with Crippen molar-refractivity contribution in [1.82, 2.24) is 0 Å². The first-order chi connectivity index (χ1) is 18.2. The lowest BCUT2D eigenvalue weighted by Crippen LogP contribution is -2.34. The number of benzene rings is 3. The van der Waals surface area contributed by atoms with E-state index in [4.69, 9.17) is 17.7 Å². The quantitative estimate of drug-likeness (QED) is 0.0673. The van der Waals surface area contributed by atoms with Crippen molar-refractivity contribution in [3.05, 3.63) is 60.2 Å². The average molecular weight is 617 g/mol. The summed E-state index contributed by atoms with van der Waals surface area (Å²) in [5.74, 6) is -1.70. The second kappa shape index (κ2) is 9.41. The van der Waals surface area contributed by atoms with E-state index in [1.165, 1.54) is 29.8 Å². The van der Waals surface area contributed by atoms with Crippen LogP contribution >= 0.6 is 0 Å². The Hall–Kier alpha value is -3.77. The van der Waals surface area contributed by atoms with E-state index < -0.39 is 48.6 Å². The Morgan fingerprint density at radius 2 is 1.48 bits per heavy atom. The molecule has 1 aliphatic rings. The van der Waals surface area contributed by atoms with Gasteiger partial charge in [0.05, 0.1) is 22.4 Å². The number of ether oxygens (including phenoxy) is 1.